The van der Waals surface area contributed by atoms with E-state index in [1.807, 2.05) is 0 Å². The molecule has 1 saturated heterocycles. The van der Waals surface area contributed by atoms with E-state index in [0.717, 1.165) is 5.56 Å². The summed E-state index contributed by atoms with van der Waals surface area (Å²) >= 11 is 0. The van der Waals surface area contributed by atoms with Gasteiger partial charge in [-0.1, -0.05) is 12.1 Å². The average Bonchev–Trinajstić information content (AvgIpc) is 2.69. The molecule has 8 heteroatoms. The van der Waals surface area contributed by atoms with Gasteiger partial charge in [-0.15, -0.1) is 0 Å². The molecule has 0 aliphatic carbocycles. The zero-order valence-electron chi connectivity index (χ0n) is 15.6. The molecule has 1 aliphatic rings. The number of carbonyl (C=O) groups is 1. The number of nitro benzene ring substituents is 1. The summed E-state index contributed by atoms with van der Waals surface area (Å²) < 4.78 is 18.7. The van der Waals surface area contributed by atoms with E-state index in [1.54, 1.807) is 19.1 Å². The maximum absolute atomic E-state index is 13.3. The van der Waals surface area contributed by atoms with Crippen molar-refractivity contribution in [2.75, 3.05) is 32.8 Å². The Balaban J connectivity index is 1.73. The van der Waals surface area contributed by atoms with Crippen molar-refractivity contribution in [2.45, 2.75) is 13.0 Å². The molecule has 0 aromatic heterocycles. The van der Waals surface area contributed by atoms with Crippen LogP contribution >= 0.6 is 0 Å². The number of amides is 1. The molecule has 0 spiro atoms. The Hall–Kier alpha value is -2.84. The number of hydrogen-bond acceptors (Lipinski definition) is 5. The van der Waals surface area contributed by atoms with Gasteiger partial charge in [0.2, 0.25) is 0 Å². The van der Waals surface area contributed by atoms with Gasteiger partial charge in [-0.2, -0.15) is 0 Å². The largest absolute Gasteiger partial charge is 0.379 e. The second-order valence-electron chi connectivity index (χ2n) is 6.68. The van der Waals surface area contributed by atoms with E-state index in [1.165, 1.54) is 30.3 Å². The van der Waals surface area contributed by atoms with E-state index in [-0.39, 0.29) is 23.5 Å². The van der Waals surface area contributed by atoms with Crippen LogP contribution in [0.25, 0.3) is 0 Å². The van der Waals surface area contributed by atoms with Gasteiger partial charge in [0.25, 0.3) is 11.6 Å². The number of hydrogen-bond donors (Lipinski definition) is 1. The summed E-state index contributed by atoms with van der Waals surface area (Å²) in [5.74, 6) is -0.617. The Morgan fingerprint density at radius 3 is 2.54 bits per heavy atom. The Labute approximate surface area is 162 Å². The molecule has 1 aliphatic heterocycles. The van der Waals surface area contributed by atoms with Crippen LogP contribution in [0.5, 0.6) is 0 Å². The minimum atomic E-state index is -0.472. The highest BCUT2D eigenvalue weighted by atomic mass is 19.1. The standard InChI is InChI=1S/C20H22FN3O4/c1-14-12-16(4-7-18(14)24(26)27)20(25)22-13-19(23-8-10-28-11-9-23)15-2-5-17(21)6-3-15/h2-7,12,19H,8-11,13H2,1H3,(H,22,25)/t19-/m0/s1. The number of nitro groups is 1. The van der Waals surface area contributed by atoms with E-state index >= 15 is 0 Å². The molecule has 3 rings (SSSR count). The summed E-state index contributed by atoms with van der Waals surface area (Å²) in [7, 11) is 0. The van der Waals surface area contributed by atoms with Crippen LogP contribution in [0.15, 0.2) is 42.5 Å². The van der Waals surface area contributed by atoms with Crippen molar-refractivity contribution < 1.29 is 18.8 Å². The van der Waals surface area contributed by atoms with Gasteiger partial charge >= 0.3 is 0 Å². The monoisotopic (exact) mass is 387 g/mol. The maximum Gasteiger partial charge on any atom is 0.272 e. The summed E-state index contributed by atoms with van der Waals surface area (Å²) in [6.45, 7) is 4.58. The third-order valence-corrected chi connectivity index (χ3v) is 4.85. The third kappa shape index (κ3) is 4.71. The molecule has 0 saturated carbocycles. The predicted octanol–water partition coefficient (Wildman–Crippen LogP) is 2.85. The van der Waals surface area contributed by atoms with Gasteiger partial charge in [0.1, 0.15) is 5.82 Å². The summed E-state index contributed by atoms with van der Waals surface area (Å²) in [6.07, 6.45) is 0. The first-order chi connectivity index (χ1) is 13.5. The highest BCUT2D eigenvalue weighted by molar-refractivity contribution is 5.94. The van der Waals surface area contributed by atoms with Crippen LogP contribution in [0.2, 0.25) is 0 Å². The summed E-state index contributed by atoms with van der Waals surface area (Å²) in [4.78, 5) is 25.2. The molecule has 7 nitrogen and oxygen atoms in total. The lowest BCUT2D eigenvalue weighted by molar-refractivity contribution is -0.385. The highest BCUT2D eigenvalue weighted by Gasteiger charge is 2.24. The Morgan fingerprint density at radius 2 is 1.93 bits per heavy atom. The van der Waals surface area contributed by atoms with Crippen molar-refractivity contribution in [3.05, 3.63) is 75.1 Å². The molecule has 1 N–H and O–H groups in total. The number of morpholine rings is 1. The van der Waals surface area contributed by atoms with Crippen LogP contribution in [0.3, 0.4) is 0 Å². The zero-order valence-corrected chi connectivity index (χ0v) is 15.6. The van der Waals surface area contributed by atoms with E-state index in [2.05, 4.69) is 10.2 Å². The van der Waals surface area contributed by atoms with Crippen molar-refractivity contribution in [2.24, 2.45) is 0 Å². The first-order valence-corrected chi connectivity index (χ1v) is 9.06. The molecule has 0 bridgehead atoms. The quantitative estimate of drug-likeness (QED) is 0.609. The number of carbonyl (C=O) groups excluding carboxylic acids is 1. The number of aryl methyl sites for hydroxylation is 1. The average molecular weight is 387 g/mol. The molecule has 1 heterocycles. The van der Waals surface area contributed by atoms with E-state index in [0.29, 0.717) is 44.0 Å². The fraction of sp³-hybridized carbons (Fsp3) is 0.350. The van der Waals surface area contributed by atoms with Crippen molar-refractivity contribution in [1.82, 2.24) is 10.2 Å². The molecular weight excluding hydrogens is 365 g/mol. The Kier molecular flexibility index (Phi) is 6.33. The van der Waals surface area contributed by atoms with Gasteiger partial charge in [-0.3, -0.25) is 19.8 Å². The molecule has 28 heavy (non-hydrogen) atoms. The summed E-state index contributed by atoms with van der Waals surface area (Å²) in [5.41, 5.74) is 1.68. The Bertz CT molecular complexity index is 851. The zero-order chi connectivity index (χ0) is 20.1. The SMILES string of the molecule is Cc1cc(C(=O)NC[C@@H](c2ccc(F)cc2)N2CCOCC2)ccc1[N+](=O)[O-]. The smallest absolute Gasteiger partial charge is 0.272 e. The minimum absolute atomic E-state index is 0.0194. The molecule has 0 unspecified atom stereocenters. The highest BCUT2D eigenvalue weighted by Crippen LogP contribution is 2.22. The van der Waals surface area contributed by atoms with Crippen LogP contribution in [0.1, 0.15) is 27.5 Å². The van der Waals surface area contributed by atoms with Gasteiger partial charge < -0.3 is 10.1 Å². The summed E-state index contributed by atoms with van der Waals surface area (Å²) in [5, 5.41) is 13.8. The molecular formula is C20H22FN3O4. The second-order valence-corrected chi connectivity index (χ2v) is 6.68. The molecule has 2 aromatic carbocycles. The van der Waals surface area contributed by atoms with Crippen LogP contribution in [-0.4, -0.2) is 48.6 Å². The lowest BCUT2D eigenvalue weighted by atomic mass is 10.0. The molecule has 148 valence electrons. The van der Waals surface area contributed by atoms with Crippen molar-refractivity contribution in [3.8, 4) is 0 Å². The number of nitrogens with zero attached hydrogens (tertiary/aromatic N) is 2. The first kappa shape index (κ1) is 19.9. The van der Waals surface area contributed by atoms with Gasteiger partial charge in [0, 0.05) is 36.8 Å². The second kappa shape index (κ2) is 8.90. The molecule has 1 fully saturated rings. The van der Waals surface area contributed by atoms with Gasteiger partial charge in [0.05, 0.1) is 24.2 Å². The van der Waals surface area contributed by atoms with E-state index < -0.39 is 4.92 Å². The van der Waals surface area contributed by atoms with Gasteiger partial charge in [-0.25, -0.2) is 4.39 Å². The summed E-state index contributed by atoms with van der Waals surface area (Å²) in [6, 6.07) is 10.4. The van der Waals surface area contributed by atoms with E-state index in [4.69, 9.17) is 4.74 Å². The minimum Gasteiger partial charge on any atom is -0.379 e. The number of halogens is 1. The number of rotatable bonds is 6. The van der Waals surface area contributed by atoms with E-state index in [9.17, 15) is 19.3 Å². The fourth-order valence-electron chi connectivity index (χ4n) is 3.32. The number of nitrogens with one attached hydrogen (secondary N) is 1. The first-order valence-electron chi connectivity index (χ1n) is 9.06. The van der Waals surface area contributed by atoms with Crippen molar-refractivity contribution in [3.63, 3.8) is 0 Å². The lowest BCUT2D eigenvalue weighted by Gasteiger charge is -2.35. The maximum atomic E-state index is 13.3. The normalized spacial score (nSPS) is 15.8. The number of benzene rings is 2. The van der Waals surface area contributed by atoms with Gasteiger partial charge in [0.15, 0.2) is 0 Å². The molecule has 1 amide bonds. The van der Waals surface area contributed by atoms with Crippen LogP contribution in [0.4, 0.5) is 10.1 Å². The number of ether oxygens (including phenoxy) is 1. The third-order valence-electron chi connectivity index (χ3n) is 4.85. The van der Waals surface area contributed by atoms with Gasteiger partial charge in [-0.05, 0) is 36.8 Å². The van der Waals surface area contributed by atoms with Crippen LogP contribution < -0.4 is 5.32 Å². The van der Waals surface area contributed by atoms with Crippen LogP contribution in [0, 0.1) is 22.9 Å². The Morgan fingerprint density at radius 1 is 1.25 bits per heavy atom. The topological polar surface area (TPSA) is 84.7 Å². The van der Waals surface area contributed by atoms with Crippen molar-refractivity contribution >= 4 is 11.6 Å². The molecule has 2 aromatic rings. The molecule has 0 radical (unpaired) electrons. The predicted molar refractivity (Wildman–Crippen MR) is 102 cm³/mol. The fourth-order valence-corrected chi connectivity index (χ4v) is 3.32. The lowest BCUT2D eigenvalue weighted by Crippen LogP contribution is -2.43. The van der Waals surface area contributed by atoms with Crippen LogP contribution in [-0.2, 0) is 4.74 Å². The molecule has 1 atom stereocenters. The van der Waals surface area contributed by atoms with Crippen molar-refractivity contribution in [1.29, 1.82) is 0 Å².